The number of nitrogens with one attached hydrogen (secondary N) is 1. The molecule has 3 nitrogen and oxygen atoms in total. The summed E-state index contributed by atoms with van der Waals surface area (Å²) in [6.07, 6.45) is 0.977. The van der Waals surface area contributed by atoms with Gasteiger partial charge >= 0.3 is 0 Å². The van der Waals surface area contributed by atoms with E-state index in [0.29, 0.717) is 12.1 Å². The van der Waals surface area contributed by atoms with Gasteiger partial charge in [-0.15, -0.1) is 0 Å². The van der Waals surface area contributed by atoms with Crippen molar-refractivity contribution in [2.45, 2.75) is 38.4 Å². The van der Waals surface area contributed by atoms with Gasteiger partial charge in [-0.25, -0.2) is 0 Å². The van der Waals surface area contributed by atoms with Gasteiger partial charge in [-0.05, 0) is 6.42 Å². The normalized spacial score (nSPS) is 32.7. The zero-order chi connectivity index (χ0) is 8.27. The summed E-state index contributed by atoms with van der Waals surface area (Å²) in [5.41, 5.74) is 5.88. The van der Waals surface area contributed by atoms with E-state index in [2.05, 4.69) is 19.2 Å². The molecule has 0 amide bonds. The van der Waals surface area contributed by atoms with Gasteiger partial charge < -0.3 is 15.8 Å². The highest BCUT2D eigenvalue weighted by Crippen LogP contribution is 2.05. The molecule has 0 aromatic heterocycles. The number of ether oxygens (including phenoxy) is 1. The Kier molecular flexibility index (Phi) is 3.30. The van der Waals surface area contributed by atoms with Crippen molar-refractivity contribution in [3.8, 4) is 0 Å². The molecule has 0 aromatic carbocycles. The quantitative estimate of drug-likeness (QED) is 0.599. The lowest BCUT2D eigenvalue weighted by Gasteiger charge is -2.30. The fraction of sp³-hybridized carbons (Fsp3) is 1.00. The van der Waals surface area contributed by atoms with Gasteiger partial charge in [-0.1, -0.05) is 13.8 Å². The van der Waals surface area contributed by atoms with Crippen molar-refractivity contribution >= 4 is 0 Å². The summed E-state index contributed by atoms with van der Waals surface area (Å²) >= 11 is 0. The molecule has 66 valence electrons. The van der Waals surface area contributed by atoms with Crippen LogP contribution < -0.4 is 11.1 Å². The molecule has 1 rings (SSSR count). The first-order valence-electron chi connectivity index (χ1n) is 4.29. The third-order valence-corrected chi connectivity index (χ3v) is 1.96. The second-order valence-electron chi connectivity index (χ2n) is 3.46. The van der Waals surface area contributed by atoms with Crippen LogP contribution in [0.3, 0.4) is 0 Å². The van der Waals surface area contributed by atoms with Crippen LogP contribution in [0.4, 0.5) is 0 Å². The van der Waals surface area contributed by atoms with Crippen molar-refractivity contribution in [3.63, 3.8) is 0 Å². The molecule has 1 aliphatic rings. The van der Waals surface area contributed by atoms with Gasteiger partial charge in [0.05, 0.1) is 6.61 Å². The van der Waals surface area contributed by atoms with E-state index in [4.69, 9.17) is 10.5 Å². The van der Waals surface area contributed by atoms with Gasteiger partial charge in [0, 0.05) is 24.7 Å². The smallest absolute Gasteiger partial charge is 0.0634 e. The predicted molar refractivity (Wildman–Crippen MR) is 45.5 cm³/mol. The van der Waals surface area contributed by atoms with Crippen LogP contribution in [0, 0.1) is 0 Å². The van der Waals surface area contributed by atoms with Gasteiger partial charge in [-0.2, -0.15) is 0 Å². The molecular weight excluding hydrogens is 140 g/mol. The molecule has 1 saturated heterocycles. The number of hydrogen-bond acceptors (Lipinski definition) is 3. The van der Waals surface area contributed by atoms with Crippen molar-refractivity contribution in [2.75, 3.05) is 13.2 Å². The maximum Gasteiger partial charge on any atom is 0.0634 e. The van der Waals surface area contributed by atoms with E-state index in [1.54, 1.807) is 0 Å². The van der Waals surface area contributed by atoms with E-state index < -0.39 is 0 Å². The molecule has 3 heteroatoms. The topological polar surface area (TPSA) is 47.3 Å². The van der Waals surface area contributed by atoms with Crippen LogP contribution in [-0.2, 0) is 4.74 Å². The highest BCUT2D eigenvalue weighted by atomic mass is 16.5. The summed E-state index contributed by atoms with van der Waals surface area (Å²) in [5, 5.41) is 3.38. The second kappa shape index (κ2) is 4.04. The standard InChI is InChI=1S/C8H18N2O/c1-6(2)10-8-5-11-4-3-7(8)9/h6-8,10H,3-5,9H2,1-2H3. The first kappa shape index (κ1) is 8.97. The predicted octanol–water partition coefficient (Wildman–Crippen LogP) is 0.101. The minimum absolute atomic E-state index is 0.270. The van der Waals surface area contributed by atoms with E-state index in [0.717, 1.165) is 19.6 Å². The van der Waals surface area contributed by atoms with Crippen LogP contribution in [0.25, 0.3) is 0 Å². The Morgan fingerprint density at radius 2 is 2.27 bits per heavy atom. The number of rotatable bonds is 2. The maximum absolute atomic E-state index is 5.88. The molecule has 0 aliphatic carbocycles. The van der Waals surface area contributed by atoms with Crippen molar-refractivity contribution in [1.29, 1.82) is 0 Å². The maximum atomic E-state index is 5.88. The van der Waals surface area contributed by atoms with Crippen LogP contribution in [0.1, 0.15) is 20.3 Å². The average molecular weight is 158 g/mol. The molecule has 0 radical (unpaired) electrons. The van der Waals surface area contributed by atoms with Crippen molar-refractivity contribution < 1.29 is 4.74 Å². The summed E-state index contributed by atoms with van der Waals surface area (Å²) in [6, 6.07) is 1.11. The van der Waals surface area contributed by atoms with Crippen molar-refractivity contribution in [1.82, 2.24) is 5.32 Å². The molecule has 3 N–H and O–H groups in total. The summed E-state index contributed by atoms with van der Waals surface area (Å²) in [6.45, 7) is 5.83. The second-order valence-corrected chi connectivity index (χ2v) is 3.46. The van der Waals surface area contributed by atoms with Gasteiger partial charge in [0.25, 0.3) is 0 Å². The fourth-order valence-corrected chi connectivity index (χ4v) is 1.35. The van der Waals surface area contributed by atoms with E-state index in [-0.39, 0.29) is 6.04 Å². The molecule has 0 saturated carbocycles. The van der Waals surface area contributed by atoms with Crippen LogP contribution in [-0.4, -0.2) is 31.3 Å². The Labute approximate surface area is 68.3 Å². The van der Waals surface area contributed by atoms with Gasteiger partial charge in [-0.3, -0.25) is 0 Å². The monoisotopic (exact) mass is 158 g/mol. The van der Waals surface area contributed by atoms with Gasteiger partial charge in [0.2, 0.25) is 0 Å². The molecular formula is C8H18N2O. The summed E-state index contributed by atoms with van der Waals surface area (Å²) in [4.78, 5) is 0. The lowest BCUT2D eigenvalue weighted by atomic mass is 10.0. The summed E-state index contributed by atoms with van der Waals surface area (Å²) < 4.78 is 5.31. The largest absolute Gasteiger partial charge is 0.380 e. The third kappa shape index (κ3) is 2.77. The van der Waals surface area contributed by atoms with E-state index in [1.165, 1.54) is 0 Å². The first-order valence-corrected chi connectivity index (χ1v) is 4.29. The molecule has 0 spiro atoms. The van der Waals surface area contributed by atoms with E-state index >= 15 is 0 Å². The fourth-order valence-electron chi connectivity index (χ4n) is 1.35. The molecule has 1 fully saturated rings. The van der Waals surface area contributed by atoms with Crippen LogP contribution >= 0.6 is 0 Å². The Morgan fingerprint density at radius 3 is 2.82 bits per heavy atom. The number of nitrogens with two attached hydrogens (primary N) is 1. The molecule has 0 bridgehead atoms. The first-order chi connectivity index (χ1) is 5.20. The lowest BCUT2D eigenvalue weighted by Crippen LogP contribution is -2.53. The Hall–Kier alpha value is -0.120. The minimum Gasteiger partial charge on any atom is -0.380 e. The SMILES string of the molecule is CC(C)NC1COCCC1N. The Bertz CT molecular complexity index is 117. The number of hydrogen-bond donors (Lipinski definition) is 2. The average Bonchev–Trinajstić information content (AvgIpc) is 1.93. The summed E-state index contributed by atoms with van der Waals surface area (Å²) in [5.74, 6) is 0. The third-order valence-electron chi connectivity index (χ3n) is 1.96. The molecule has 2 atom stereocenters. The highest BCUT2D eigenvalue weighted by molar-refractivity contribution is 4.83. The zero-order valence-electron chi connectivity index (χ0n) is 7.34. The van der Waals surface area contributed by atoms with Crippen LogP contribution in [0.2, 0.25) is 0 Å². The van der Waals surface area contributed by atoms with E-state index in [1.807, 2.05) is 0 Å². The Morgan fingerprint density at radius 1 is 1.55 bits per heavy atom. The summed E-state index contributed by atoms with van der Waals surface area (Å²) in [7, 11) is 0. The van der Waals surface area contributed by atoms with Crippen molar-refractivity contribution in [2.24, 2.45) is 5.73 Å². The minimum atomic E-state index is 0.270. The van der Waals surface area contributed by atoms with Crippen LogP contribution in [0.5, 0.6) is 0 Å². The molecule has 2 unspecified atom stereocenters. The molecule has 0 aromatic rings. The van der Waals surface area contributed by atoms with Crippen LogP contribution in [0.15, 0.2) is 0 Å². The molecule has 11 heavy (non-hydrogen) atoms. The highest BCUT2D eigenvalue weighted by Gasteiger charge is 2.22. The lowest BCUT2D eigenvalue weighted by molar-refractivity contribution is 0.0561. The molecule has 1 aliphatic heterocycles. The molecule has 1 heterocycles. The Balaban J connectivity index is 2.29. The zero-order valence-corrected chi connectivity index (χ0v) is 7.34. The van der Waals surface area contributed by atoms with Gasteiger partial charge in [0.15, 0.2) is 0 Å². The van der Waals surface area contributed by atoms with Gasteiger partial charge in [0.1, 0.15) is 0 Å². The van der Waals surface area contributed by atoms with Crippen molar-refractivity contribution in [3.05, 3.63) is 0 Å². The van der Waals surface area contributed by atoms with E-state index in [9.17, 15) is 0 Å².